The van der Waals surface area contributed by atoms with E-state index in [1.165, 1.54) is 12.3 Å². The molecule has 1 heterocycles. The molecule has 0 N–H and O–H groups in total. The number of hydrogen-bond donors (Lipinski definition) is 0. The average Bonchev–Trinajstić information content (AvgIpc) is 2.02. The Morgan fingerprint density at radius 3 is 2.46 bits per heavy atom. The van der Waals surface area contributed by atoms with Gasteiger partial charge in [0.05, 0.1) is 0 Å². The van der Waals surface area contributed by atoms with Gasteiger partial charge in [-0.25, -0.2) is 4.39 Å². The van der Waals surface area contributed by atoms with E-state index in [4.69, 9.17) is 0 Å². The van der Waals surface area contributed by atoms with Crippen molar-refractivity contribution in [3.8, 4) is 0 Å². The lowest BCUT2D eigenvalue weighted by Crippen LogP contribution is -2.16. The van der Waals surface area contributed by atoms with E-state index in [9.17, 15) is 4.39 Å². The topological polar surface area (TPSA) is 12.9 Å². The van der Waals surface area contributed by atoms with Crippen molar-refractivity contribution >= 4 is 0 Å². The van der Waals surface area contributed by atoms with E-state index in [0.29, 0.717) is 5.56 Å². The van der Waals surface area contributed by atoms with Crippen molar-refractivity contribution in [3.63, 3.8) is 0 Å². The van der Waals surface area contributed by atoms with Crippen LogP contribution in [0, 0.1) is 11.2 Å². The third-order valence-corrected chi connectivity index (χ3v) is 2.56. The summed E-state index contributed by atoms with van der Waals surface area (Å²) in [6.45, 7) is 8.33. The maximum Gasteiger partial charge on any atom is 0.129 e. The SMILES string of the molecule is CC(c1cnccc1F)C(C)(C)C. The summed E-state index contributed by atoms with van der Waals surface area (Å²) in [6.07, 6.45) is 3.10. The molecular weight excluding hydrogens is 165 g/mol. The van der Waals surface area contributed by atoms with Crippen LogP contribution in [0.1, 0.15) is 39.2 Å². The van der Waals surface area contributed by atoms with Crippen molar-refractivity contribution in [2.75, 3.05) is 0 Å². The van der Waals surface area contributed by atoms with Gasteiger partial charge >= 0.3 is 0 Å². The van der Waals surface area contributed by atoms with E-state index >= 15 is 0 Å². The second-order valence-corrected chi connectivity index (χ2v) is 4.48. The summed E-state index contributed by atoms with van der Waals surface area (Å²) in [4.78, 5) is 3.94. The van der Waals surface area contributed by atoms with Crippen LogP contribution in [0.4, 0.5) is 4.39 Å². The van der Waals surface area contributed by atoms with Gasteiger partial charge in [0.15, 0.2) is 0 Å². The molecule has 72 valence electrons. The summed E-state index contributed by atoms with van der Waals surface area (Å²) in [7, 11) is 0. The minimum Gasteiger partial charge on any atom is -0.264 e. The molecule has 1 unspecified atom stereocenters. The number of halogens is 1. The Kier molecular flexibility index (Phi) is 2.69. The zero-order chi connectivity index (χ0) is 10.1. The minimum atomic E-state index is -0.155. The van der Waals surface area contributed by atoms with Crippen molar-refractivity contribution in [1.82, 2.24) is 4.98 Å². The summed E-state index contributed by atoms with van der Waals surface area (Å²) in [5.41, 5.74) is 0.777. The van der Waals surface area contributed by atoms with Gasteiger partial charge < -0.3 is 0 Å². The Morgan fingerprint density at radius 2 is 2.00 bits per heavy atom. The Labute approximate surface area is 79.0 Å². The highest BCUT2D eigenvalue weighted by atomic mass is 19.1. The monoisotopic (exact) mass is 181 g/mol. The van der Waals surface area contributed by atoms with Crippen LogP contribution in [0.2, 0.25) is 0 Å². The van der Waals surface area contributed by atoms with Crippen LogP contribution in [0.25, 0.3) is 0 Å². The first-order valence-electron chi connectivity index (χ1n) is 4.52. The van der Waals surface area contributed by atoms with Gasteiger partial charge in [0.1, 0.15) is 5.82 Å². The molecule has 0 aliphatic carbocycles. The van der Waals surface area contributed by atoms with Crippen molar-refractivity contribution in [1.29, 1.82) is 0 Å². The second-order valence-electron chi connectivity index (χ2n) is 4.48. The first-order chi connectivity index (χ1) is 5.93. The maximum atomic E-state index is 13.3. The highest BCUT2D eigenvalue weighted by Gasteiger charge is 2.23. The number of pyridine rings is 1. The summed E-state index contributed by atoms with van der Waals surface area (Å²) >= 11 is 0. The quantitative estimate of drug-likeness (QED) is 0.647. The van der Waals surface area contributed by atoms with Gasteiger partial charge in [-0.2, -0.15) is 0 Å². The van der Waals surface area contributed by atoms with E-state index in [1.807, 2.05) is 6.92 Å². The van der Waals surface area contributed by atoms with Crippen molar-refractivity contribution in [2.24, 2.45) is 5.41 Å². The van der Waals surface area contributed by atoms with Gasteiger partial charge in [-0.05, 0) is 17.4 Å². The molecule has 0 spiro atoms. The Hall–Kier alpha value is -0.920. The lowest BCUT2D eigenvalue weighted by molar-refractivity contribution is 0.331. The van der Waals surface area contributed by atoms with Gasteiger partial charge in [0.25, 0.3) is 0 Å². The Bertz CT molecular complexity index is 288. The average molecular weight is 181 g/mol. The van der Waals surface area contributed by atoms with Crippen molar-refractivity contribution in [3.05, 3.63) is 29.8 Å². The molecule has 0 saturated carbocycles. The van der Waals surface area contributed by atoms with E-state index in [2.05, 4.69) is 25.8 Å². The molecule has 0 aliphatic heterocycles. The zero-order valence-electron chi connectivity index (χ0n) is 8.63. The first-order valence-corrected chi connectivity index (χ1v) is 4.52. The third kappa shape index (κ3) is 2.27. The Morgan fingerprint density at radius 1 is 1.38 bits per heavy atom. The highest BCUT2D eigenvalue weighted by Crippen LogP contribution is 2.34. The van der Waals surface area contributed by atoms with Crippen LogP contribution in [0.15, 0.2) is 18.5 Å². The molecule has 0 saturated heterocycles. The summed E-state index contributed by atoms with van der Waals surface area (Å²) in [5, 5.41) is 0. The molecular formula is C11H16FN. The molecule has 13 heavy (non-hydrogen) atoms. The number of hydrogen-bond acceptors (Lipinski definition) is 1. The van der Waals surface area contributed by atoms with Gasteiger partial charge in [0, 0.05) is 18.0 Å². The summed E-state index contributed by atoms with van der Waals surface area (Å²) in [5.74, 6) is 0.0265. The fourth-order valence-electron chi connectivity index (χ4n) is 1.17. The fraction of sp³-hybridized carbons (Fsp3) is 0.545. The third-order valence-electron chi connectivity index (χ3n) is 2.56. The van der Waals surface area contributed by atoms with Crippen LogP contribution in [0.3, 0.4) is 0 Å². The van der Waals surface area contributed by atoms with Crippen LogP contribution >= 0.6 is 0 Å². The second kappa shape index (κ2) is 3.44. The van der Waals surface area contributed by atoms with E-state index in [-0.39, 0.29) is 17.2 Å². The number of aromatic nitrogens is 1. The van der Waals surface area contributed by atoms with Crippen LogP contribution in [0.5, 0.6) is 0 Å². The molecule has 1 aromatic rings. The molecule has 0 amide bonds. The van der Waals surface area contributed by atoms with E-state index in [0.717, 1.165) is 0 Å². The Balaban J connectivity index is 3.02. The fourth-order valence-corrected chi connectivity index (χ4v) is 1.17. The summed E-state index contributed by atoms with van der Waals surface area (Å²) < 4.78 is 13.3. The lowest BCUT2D eigenvalue weighted by atomic mass is 9.78. The van der Waals surface area contributed by atoms with Crippen LogP contribution < -0.4 is 0 Å². The largest absolute Gasteiger partial charge is 0.264 e. The van der Waals surface area contributed by atoms with Crippen LogP contribution in [-0.4, -0.2) is 4.98 Å². The molecule has 0 fully saturated rings. The van der Waals surface area contributed by atoms with E-state index in [1.54, 1.807) is 6.20 Å². The van der Waals surface area contributed by atoms with Gasteiger partial charge in [-0.15, -0.1) is 0 Å². The van der Waals surface area contributed by atoms with Gasteiger partial charge in [-0.1, -0.05) is 27.7 Å². The first kappa shape index (κ1) is 10.2. The van der Waals surface area contributed by atoms with Gasteiger partial charge in [0.2, 0.25) is 0 Å². The predicted octanol–water partition coefficient (Wildman–Crippen LogP) is 3.37. The van der Waals surface area contributed by atoms with E-state index < -0.39 is 0 Å². The molecule has 0 radical (unpaired) electrons. The zero-order valence-corrected chi connectivity index (χ0v) is 8.63. The minimum absolute atomic E-state index is 0.0733. The maximum absolute atomic E-state index is 13.3. The molecule has 1 nitrogen and oxygen atoms in total. The molecule has 0 aromatic carbocycles. The molecule has 2 heteroatoms. The van der Waals surface area contributed by atoms with Crippen LogP contribution in [-0.2, 0) is 0 Å². The molecule has 0 aliphatic rings. The predicted molar refractivity (Wildman–Crippen MR) is 52.1 cm³/mol. The highest BCUT2D eigenvalue weighted by molar-refractivity contribution is 5.18. The lowest BCUT2D eigenvalue weighted by Gasteiger charge is -2.27. The molecule has 1 rings (SSSR count). The molecule has 1 atom stereocenters. The standard InChI is InChI=1S/C11H16FN/c1-8(11(2,3)4)9-7-13-6-5-10(9)12/h5-8H,1-4H3. The molecule has 1 aromatic heterocycles. The number of rotatable bonds is 1. The molecule has 0 bridgehead atoms. The van der Waals surface area contributed by atoms with Gasteiger partial charge in [-0.3, -0.25) is 4.98 Å². The normalized spacial score (nSPS) is 14.2. The van der Waals surface area contributed by atoms with Crippen molar-refractivity contribution in [2.45, 2.75) is 33.6 Å². The smallest absolute Gasteiger partial charge is 0.129 e. The summed E-state index contributed by atoms with van der Waals surface area (Å²) in [6, 6.07) is 1.41. The number of nitrogens with zero attached hydrogens (tertiary/aromatic N) is 1. The van der Waals surface area contributed by atoms with Crippen molar-refractivity contribution < 1.29 is 4.39 Å².